The highest BCUT2D eigenvalue weighted by Crippen LogP contribution is 2.25. The minimum Gasteiger partial charge on any atom is -0.326 e. The van der Waals surface area contributed by atoms with Gasteiger partial charge in [-0.2, -0.15) is 0 Å². The molecule has 7 heteroatoms. The molecule has 25 heavy (non-hydrogen) atoms. The lowest BCUT2D eigenvalue weighted by Gasteiger charge is -2.21. The standard InChI is InChI=1S/C18H23N3O3S/c1-12-15(10-7-11-16(12)25(23,24)20-3)21-18(22)13(2)17(19)14-8-5-4-6-9-14/h4-11,13,17,20H,19H2,1-3H3,(H,21,22). The molecule has 0 aromatic heterocycles. The van der Waals surface area contributed by atoms with Crippen LogP contribution in [-0.4, -0.2) is 21.4 Å². The molecule has 0 saturated carbocycles. The second kappa shape index (κ2) is 7.77. The molecule has 2 unspecified atom stereocenters. The molecule has 2 aromatic carbocycles. The minimum atomic E-state index is -3.59. The van der Waals surface area contributed by atoms with E-state index in [1.807, 2.05) is 30.3 Å². The number of anilines is 1. The van der Waals surface area contributed by atoms with Gasteiger partial charge in [0.2, 0.25) is 15.9 Å². The third-order valence-electron chi connectivity index (χ3n) is 4.24. The predicted octanol–water partition coefficient (Wildman–Crippen LogP) is 2.18. The van der Waals surface area contributed by atoms with Gasteiger partial charge in [-0.15, -0.1) is 0 Å². The number of nitrogens with two attached hydrogens (primary N) is 1. The minimum absolute atomic E-state index is 0.132. The molecule has 0 heterocycles. The van der Waals surface area contributed by atoms with Crippen molar-refractivity contribution in [2.45, 2.75) is 24.8 Å². The number of hydrogen-bond donors (Lipinski definition) is 3. The predicted molar refractivity (Wildman–Crippen MR) is 98.6 cm³/mol. The summed E-state index contributed by atoms with van der Waals surface area (Å²) in [5, 5.41) is 2.79. The van der Waals surface area contributed by atoms with Gasteiger partial charge in [-0.1, -0.05) is 43.3 Å². The molecule has 0 saturated heterocycles. The number of amides is 1. The van der Waals surface area contributed by atoms with Gasteiger partial charge in [0.25, 0.3) is 0 Å². The highest BCUT2D eigenvalue weighted by atomic mass is 32.2. The van der Waals surface area contributed by atoms with Crippen molar-refractivity contribution in [2.24, 2.45) is 11.7 Å². The number of benzene rings is 2. The number of carbonyl (C=O) groups is 1. The summed E-state index contributed by atoms with van der Waals surface area (Å²) in [7, 11) is -2.24. The topological polar surface area (TPSA) is 101 Å². The molecule has 6 nitrogen and oxygen atoms in total. The summed E-state index contributed by atoms with van der Waals surface area (Å²) in [5.41, 5.74) is 7.98. The van der Waals surface area contributed by atoms with Crippen LogP contribution in [0.15, 0.2) is 53.4 Å². The summed E-state index contributed by atoms with van der Waals surface area (Å²) < 4.78 is 26.4. The van der Waals surface area contributed by atoms with Crippen LogP contribution in [0.25, 0.3) is 0 Å². The number of hydrogen-bond acceptors (Lipinski definition) is 4. The lowest BCUT2D eigenvalue weighted by atomic mass is 9.94. The van der Waals surface area contributed by atoms with Crippen LogP contribution >= 0.6 is 0 Å². The summed E-state index contributed by atoms with van der Waals surface area (Å²) in [6.45, 7) is 3.40. The second-order valence-corrected chi connectivity index (χ2v) is 7.71. The fourth-order valence-electron chi connectivity index (χ4n) is 2.52. The Morgan fingerprint density at radius 2 is 1.72 bits per heavy atom. The first-order valence-electron chi connectivity index (χ1n) is 7.92. The van der Waals surface area contributed by atoms with Gasteiger partial charge in [0.1, 0.15) is 0 Å². The molecule has 0 aliphatic rings. The first-order valence-corrected chi connectivity index (χ1v) is 9.40. The van der Waals surface area contributed by atoms with Gasteiger partial charge in [-0.05, 0) is 37.2 Å². The normalized spacial score (nSPS) is 13.9. The average Bonchev–Trinajstić information content (AvgIpc) is 2.62. The van der Waals surface area contributed by atoms with Gasteiger partial charge in [-0.25, -0.2) is 13.1 Å². The second-order valence-electron chi connectivity index (χ2n) is 5.85. The van der Waals surface area contributed by atoms with Crippen LogP contribution in [0.3, 0.4) is 0 Å². The van der Waals surface area contributed by atoms with Crippen LogP contribution in [0, 0.1) is 12.8 Å². The highest BCUT2D eigenvalue weighted by molar-refractivity contribution is 7.89. The van der Waals surface area contributed by atoms with Crippen LogP contribution in [0.5, 0.6) is 0 Å². The van der Waals surface area contributed by atoms with Crippen molar-refractivity contribution in [3.05, 3.63) is 59.7 Å². The van der Waals surface area contributed by atoms with E-state index >= 15 is 0 Å². The van der Waals surface area contributed by atoms with E-state index in [4.69, 9.17) is 5.73 Å². The number of sulfonamides is 1. The summed E-state index contributed by atoms with van der Waals surface area (Å²) in [6.07, 6.45) is 0. The van der Waals surface area contributed by atoms with Crippen molar-refractivity contribution >= 4 is 21.6 Å². The number of rotatable bonds is 6. The summed E-state index contributed by atoms with van der Waals surface area (Å²) in [6, 6.07) is 13.7. The molecule has 2 aromatic rings. The van der Waals surface area contributed by atoms with Crippen LogP contribution in [0.1, 0.15) is 24.1 Å². The number of carbonyl (C=O) groups excluding carboxylic acids is 1. The molecule has 0 fully saturated rings. The molecule has 0 bridgehead atoms. The Hall–Kier alpha value is -2.22. The van der Waals surface area contributed by atoms with Gasteiger partial charge in [-0.3, -0.25) is 4.79 Å². The SMILES string of the molecule is CNS(=O)(=O)c1cccc(NC(=O)C(C)C(N)c2ccccc2)c1C. The fourth-order valence-corrected chi connectivity index (χ4v) is 3.52. The quantitative estimate of drug-likeness (QED) is 0.734. The summed E-state index contributed by atoms with van der Waals surface area (Å²) in [5.74, 6) is -0.746. The van der Waals surface area contributed by atoms with Crippen molar-refractivity contribution < 1.29 is 13.2 Å². The molecule has 134 valence electrons. The van der Waals surface area contributed by atoms with Crippen LogP contribution in [0.2, 0.25) is 0 Å². The molecule has 2 rings (SSSR count). The van der Waals surface area contributed by atoms with Crippen molar-refractivity contribution in [3.63, 3.8) is 0 Å². The van der Waals surface area contributed by atoms with E-state index in [9.17, 15) is 13.2 Å². The smallest absolute Gasteiger partial charge is 0.240 e. The maximum Gasteiger partial charge on any atom is 0.240 e. The molecule has 0 spiro atoms. The molecule has 0 aliphatic heterocycles. The van der Waals surface area contributed by atoms with E-state index in [1.54, 1.807) is 26.0 Å². The molecule has 4 N–H and O–H groups in total. The zero-order chi connectivity index (χ0) is 18.6. The lowest BCUT2D eigenvalue weighted by molar-refractivity contribution is -0.120. The Balaban J connectivity index is 2.22. The van der Waals surface area contributed by atoms with Gasteiger partial charge in [0.15, 0.2) is 0 Å². The van der Waals surface area contributed by atoms with Crippen molar-refractivity contribution in [1.29, 1.82) is 0 Å². The van der Waals surface area contributed by atoms with Crippen molar-refractivity contribution in [1.82, 2.24) is 4.72 Å². The fraction of sp³-hybridized carbons (Fsp3) is 0.278. The van der Waals surface area contributed by atoms with E-state index in [-0.39, 0.29) is 10.8 Å². The molecule has 2 atom stereocenters. The molecular formula is C18H23N3O3S. The summed E-state index contributed by atoms with van der Waals surface area (Å²) in [4.78, 5) is 12.7. The van der Waals surface area contributed by atoms with E-state index in [0.29, 0.717) is 11.3 Å². The third-order valence-corrected chi connectivity index (χ3v) is 5.80. The van der Waals surface area contributed by atoms with E-state index in [0.717, 1.165) is 5.56 Å². The largest absolute Gasteiger partial charge is 0.326 e. The molecule has 0 radical (unpaired) electrons. The van der Waals surface area contributed by atoms with Crippen molar-refractivity contribution in [3.8, 4) is 0 Å². The van der Waals surface area contributed by atoms with E-state index in [2.05, 4.69) is 10.0 Å². The van der Waals surface area contributed by atoms with Gasteiger partial charge in [0, 0.05) is 11.7 Å². The average molecular weight is 361 g/mol. The lowest BCUT2D eigenvalue weighted by Crippen LogP contribution is -2.31. The number of nitrogens with one attached hydrogen (secondary N) is 2. The van der Waals surface area contributed by atoms with Crippen LogP contribution in [0.4, 0.5) is 5.69 Å². The monoisotopic (exact) mass is 361 g/mol. The molecule has 0 aliphatic carbocycles. The zero-order valence-corrected chi connectivity index (χ0v) is 15.3. The van der Waals surface area contributed by atoms with Gasteiger partial charge >= 0.3 is 0 Å². The first-order chi connectivity index (χ1) is 11.8. The Bertz CT molecular complexity index is 851. The Kier molecular flexibility index (Phi) is 5.94. The Morgan fingerprint density at radius 1 is 1.08 bits per heavy atom. The van der Waals surface area contributed by atoms with Crippen LogP contribution in [-0.2, 0) is 14.8 Å². The maximum atomic E-state index is 12.6. The highest BCUT2D eigenvalue weighted by Gasteiger charge is 2.24. The van der Waals surface area contributed by atoms with Crippen LogP contribution < -0.4 is 15.8 Å². The third kappa shape index (κ3) is 4.25. The maximum absolute atomic E-state index is 12.6. The zero-order valence-electron chi connectivity index (χ0n) is 14.5. The van der Waals surface area contributed by atoms with E-state index < -0.39 is 22.0 Å². The molecule has 1 amide bonds. The molecular weight excluding hydrogens is 338 g/mol. The van der Waals surface area contributed by atoms with Crippen molar-refractivity contribution in [2.75, 3.05) is 12.4 Å². The summed E-state index contributed by atoms with van der Waals surface area (Å²) >= 11 is 0. The Labute approximate surface area is 148 Å². The van der Waals surface area contributed by atoms with Gasteiger partial charge < -0.3 is 11.1 Å². The Morgan fingerprint density at radius 3 is 2.32 bits per heavy atom. The van der Waals surface area contributed by atoms with Gasteiger partial charge in [0.05, 0.1) is 10.8 Å². The first kappa shape index (κ1) is 19.1. The van der Waals surface area contributed by atoms with E-state index in [1.165, 1.54) is 13.1 Å².